The summed E-state index contributed by atoms with van der Waals surface area (Å²) in [6.45, 7) is 9.35. The summed E-state index contributed by atoms with van der Waals surface area (Å²) in [6.07, 6.45) is 1.87. The molecule has 41 heavy (non-hydrogen) atoms. The minimum Gasteiger partial charge on any atom is -0.411 e. The first-order valence-electron chi connectivity index (χ1n) is 13.5. The molecule has 12 heteroatoms. The van der Waals surface area contributed by atoms with Crippen LogP contribution in [0, 0.1) is 19.8 Å². The molecule has 11 nitrogen and oxygen atoms in total. The third-order valence-electron chi connectivity index (χ3n) is 6.92. The molecule has 0 aliphatic carbocycles. The maximum absolute atomic E-state index is 13.4. The van der Waals surface area contributed by atoms with Gasteiger partial charge in [-0.3, -0.25) is 9.59 Å². The van der Waals surface area contributed by atoms with Gasteiger partial charge in [0, 0.05) is 36.7 Å². The fourth-order valence-electron chi connectivity index (χ4n) is 4.56. The topological polar surface area (TPSA) is 157 Å². The van der Waals surface area contributed by atoms with E-state index in [0.717, 1.165) is 6.42 Å². The summed E-state index contributed by atoms with van der Waals surface area (Å²) in [4.78, 5) is 32.8. The molecular weight excluding hydrogens is 546 g/mol. The summed E-state index contributed by atoms with van der Waals surface area (Å²) in [5, 5.41) is 6.48. The average Bonchev–Trinajstić information content (AvgIpc) is 3.26. The molecule has 0 aliphatic heterocycles. The van der Waals surface area contributed by atoms with Gasteiger partial charge in [-0.05, 0) is 43.9 Å². The molecule has 2 amide bonds. The molecule has 1 aromatic heterocycles. The predicted octanol–water partition coefficient (Wildman–Crippen LogP) is 4.30. The molecule has 222 valence electrons. The van der Waals surface area contributed by atoms with Crippen LogP contribution >= 0.6 is 0 Å². The van der Waals surface area contributed by atoms with Crippen LogP contribution in [0.3, 0.4) is 0 Å². The van der Waals surface area contributed by atoms with Crippen molar-refractivity contribution in [2.24, 2.45) is 11.8 Å². The lowest BCUT2D eigenvalue weighted by atomic mass is 9.98. The van der Waals surface area contributed by atoms with Gasteiger partial charge >= 0.3 is 0 Å². The third-order valence-corrected chi connectivity index (χ3v) is 8.31. The van der Waals surface area contributed by atoms with Gasteiger partial charge in [0.25, 0.3) is 10.0 Å². The molecule has 0 fully saturated rings. The highest BCUT2D eigenvalue weighted by molar-refractivity contribution is 7.92. The van der Waals surface area contributed by atoms with E-state index in [0.29, 0.717) is 40.8 Å². The van der Waals surface area contributed by atoms with Crippen LogP contribution in [-0.2, 0) is 26.2 Å². The van der Waals surface area contributed by atoms with E-state index in [1.54, 1.807) is 62.2 Å². The number of anilines is 1. The summed E-state index contributed by atoms with van der Waals surface area (Å²) < 4.78 is 34.4. The highest BCUT2D eigenvalue weighted by atomic mass is 32.2. The van der Waals surface area contributed by atoms with Gasteiger partial charge in [-0.1, -0.05) is 62.7 Å². The quantitative estimate of drug-likeness (QED) is 0.251. The normalized spacial score (nSPS) is 12.2. The maximum atomic E-state index is 13.4. The van der Waals surface area contributed by atoms with Crippen molar-refractivity contribution < 1.29 is 27.4 Å². The average molecular weight is 586 g/mol. The summed E-state index contributed by atoms with van der Waals surface area (Å²) in [7, 11) is -2.54. The fourth-order valence-corrected chi connectivity index (χ4v) is 5.83. The van der Waals surface area contributed by atoms with E-state index in [1.165, 1.54) is 6.07 Å². The zero-order valence-corrected chi connectivity index (χ0v) is 25.2. The van der Waals surface area contributed by atoms with E-state index in [-0.39, 0.29) is 40.8 Å². The Bertz CT molecular complexity index is 1480. The number of aryl methyl sites for hydroxylation is 1. The maximum Gasteiger partial charge on any atom is 0.264 e. The standard InChI is InChI=1S/C29H39N5O6S/c1-7-8-13-26(35)34(27(18(2)3)28(36)31-6)17-21-14-15-22(24(16-21)39-30)23-11-9-10-12-25(23)41(37,38)33-29-19(4)20(5)32-40-29/h9-12,14-16,18,27,33H,7-8,13,17,30H2,1-6H3,(H,31,36)/t27-/m0/s1. The van der Waals surface area contributed by atoms with Gasteiger partial charge in [0.05, 0.1) is 10.6 Å². The Balaban J connectivity index is 2.02. The van der Waals surface area contributed by atoms with Crippen LogP contribution in [0.2, 0.25) is 0 Å². The second-order valence-electron chi connectivity index (χ2n) is 10.2. The molecule has 4 N–H and O–H groups in total. The van der Waals surface area contributed by atoms with E-state index in [2.05, 4.69) is 15.2 Å². The van der Waals surface area contributed by atoms with Crippen molar-refractivity contribution in [3.8, 4) is 16.9 Å². The number of aromatic nitrogens is 1. The summed E-state index contributed by atoms with van der Waals surface area (Å²) in [5.74, 6) is 5.39. The second kappa shape index (κ2) is 13.6. The van der Waals surface area contributed by atoms with Gasteiger partial charge < -0.3 is 19.6 Å². The molecule has 2 aromatic carbocycles. The Morgan fingerprint density at radius 3 is 2.41 bits per heavy atom. The number of carbonyl (C=O) groups is 2. The number of rotatable bonds is 13. The molecular formula is C29H39N5O6S. The van der Waals surface area contributed by atoms with E-state index < -0.39 is 16.1 Å². The van der Waals surface area contributed by atoms with Crippen LogP contribution in [-0.4, -0.2) is 43.4 Å². The van der Waals surface area contributed by atoms with Gasteiger partial charge in [-0.25, -0.2) is 13.1 Å². The van der Waals surface area contributed by atoms with Crippen molar-refractivity contribution >= 4 is 27.7 Å². The number of unbranched alkanes of at least 4 members (excludes halogenated alkanes) is 1. The summed E-state index contributed by atoms with van der Waals surface area (Å²) in [5.41, 5.74) is 2.60. The molecule has 0 bridgehead atoms. The first kappa shape index (κ1) is 31.6. The second-order valence-corrected chi connectivity index (χ2v) is 11.9. The smallest absolute Gasteiger partial charge is 0.264 e. The minimum atomic E-state index is -4.09. The number of hydrogen-bond donors (Lipinski definition) is 3. The molecule has 1 heterocycles. The van der Waals surface area contributed by atoms with Crippen LogP contribution in [0.25, 0.3) is 11.1 Å². The van der Waals surface area contributed by atoms with Crippen LogP contribution in [0.4, 0.5) is 5.88 Å². The fraction of sp³-hybridized carbons (Fsp3) is 0.414. The number of sulfonamides is 1. The Morgan fingerprint density at radius 2 is 1.83 bits per heavy atom. The van der Waals surface area contributed by atoms with E-state index in [9.17, 15) is 18.0 Å². The SMILES string of the molecule is CCCCC(=O)N(Cc1ccc(-c2ccccc2S(=O)(=O)Nc2onc(C)c2C)c(ON)c1)[C@H](C(=O)NC)C(C)C. The van der Waals surface area contributed by atoms with E-state index >= 15 is 0 Å². The third kappa shape index (κ3) is 7.25. The highest BCUT2D eigenvalue weighted by Gasteiger charge is 2.32. The van der Waals surface area contributed by atoms with Crippen LogP contribution in [0.1, 0.15) is 56.9 Å². The molecule has 0 radical (unpaired) electrons. The number of carbonyl (C=O) groups excluding carboxylic acids is 2. The lowest BCUT2D eigenvalue weighted by Crippen LogP contribution is -2.51. The van der Waals surface area contributed by atoms with Gasteiger partial charge in [0.2, 0.25) is 17.7 Å². The van der Waals surface area contributed by atoms with E-state index in [1.807, 2.05) is 20.8 Å². The van der Waals surface area contributed by atoms with Gasteiger partial charge in [0.15, 0.2) is 5.75 Å². The Kier molecular flexibility index (Phi) is 10.5. The zero-order valence-electron chi connectivity index (χ0n) is 24.4. The lowest BCUT2D eigenvalue weighted by Gasteiger charge is -2.33. The molecule has 0 saturated heterocycles. The van der Waals surface area contributed by atoms with Crippen LogP contribution < -0.4 is 20.8 Å². The van der Waals surface area contributed by atoms with Crippen molar-refractivity contribution in [2.75, 3.05) is 11.8 Å². The molecule has 3 aromatic rings. The van der Waals surface area contributed by atoms with Gasteiger partial charge in [-0.15, -0.1) is 0 Å². The van der Waals surface area contributed by atoms with E-state index in [4.69, 9.17) is 15.3 Å². The van der Waals surface area contributed by atoms with Crippen LogP contribution in [0.15, 0.2) is 51.9 Å². The number of nitrogens with one attached hydrogen (secondary N) is 2. The van der Waals surface area contributed by atoms with Crippen molar-refractivity contribution in [1.82, 2.24) is 15.4 Å². The molecule has 0 aliphatic rings. The number of benzene rings is 2. The summed E-state index contributed by atoms with van der Waals surface area (Å²) >= 11 is 0. The molecule has 0 saturated carbocycles. The summed E-state index contributed by atoms with van der Waals surface area (Å²) in [6, 6.07) is 10.9. The number of hydrogen-bond acceptors (Lipinski definition) is 8. The highest BCUT2D eigenvalue weighted by Crippen LogP contribution is 2.36. The largest absolute Gasteiger partial charge is 0.411 e. The molecule has 3 rings (SSSR count). The number of likely N-dealkylation sites (N-methyl/N-ethyl adjacent to an activating group) is 1. The minimum absolute atomic E-state index is 0.0182. The Labute approximate surface area is 241 Å². The van der Waals surface area contributed by atoms with Crippen molar-refractivity contribution in [2.45, 2.75) is 71.4 Å². The van der Waals surface area contributed by atoms with Crippen molar-refractivity contribution in [1.29, 1.82) is 0 Å². The first-order chi connectivity index (χ1) is 19.4. The van der Waals surface area contributed by atoms with Gasteiger partial charge in [-0.2, -0.15) is 5.90 Å². The van der Waals surface area contributed by atoms with Crippen molar-refractivity contribution in [3.05, 3.63) is 59.3 Å². The molecule has 1 atom stereocenters. The van der Waals surface area contributed by atoms with Crippen molar-refractivity contribution in [3.63, 3.8) is 0 Å². The van der Waals surface area contributed by atoms with Gasteiger partial charge in [0.1, 0.15) is 6.04 Å². The Morgan fingerprint density at radius 1 is 1.12 bits per heavy atom. The predicted molar refractivity (Wildman–Crippen MR) is 156 cm³/mol. The number of amides is 2. The Hall–Kier alpha value is -3.90. The zero-order chi connectivity index (χ0) is 30.3. The molecule has 0 spiro atoms. The number of nitrogens with zero attached hydrogens (tertiary/aromatic N) is 2. The van der Waals surface area contributed by atoms with Crippen LogP contribution in [0.5, 0.6) is 5.75 Å². The monoisotopic (exact) mass is 585 g/mol. The lowest BCUT2D eigenvalue weighted by molar-refractivity contribution is -0.142. The number of nitrogens with two attached hydrogens (primary N) is 1. The molecule has 0 unspecified atom stereocenters. The first-order valence-corrected chi connectivity index (χ1v) is 15.0.